The highest BCUT2D eigenvalue weighted by molar-refractivity contribution is 9.10. The first-order chi connectivity index (χ1) is 5.56. The van der Waals surface area contributed by atoms with E-state index in [1.54, 1.807) is 7.11 Å². The average Bonchev–Trinajstić information content (AvgIpc) is 2.05. The second-order valence-electron chi connectivity index (χ2n) is 3.22. The van der Waals surface area contributed by atoms with Crippen LogP contribution in [0.3, 0.4) is 0 Å². The number of halogens is 1. The molecule has 0 unspecified atom stereocenters. The van der Waals surface area contributed by atoms with Gasteiger partial charge in [0.1, 0.15) is 0 Å². The van der Waals surface area contributed by atoms with E-state index in [0.29, 0.717) is 0 Å². The molecule has 0 bridgehead atoms. The molecule has 66 valence electrons. The van der Waals surface area contributed by atoms with E-state index in [4.69, 9.17) is 4.74 Å². The molecule has 0 amide bonds. The van der Waals surface area contributed by atoms with E-state index in [2.05, 4.69) is 41.9 Å². The Bertz CT molecular complexity index is 268. The van der Waals surface area contributed by atoms with Crippen LogP contribution < -0.4 is 0 Å². The van der Waals surface area contributed by atoms with Crippen LogP contribution in [0.4, 0.5) is 0 Å². The number of ether oxygens (including phenoxy) is 1. The minimum atomic E-state index is -0.205. The monoisotopic (exact) mass is 228 g/mol. The Labute approximate surface area is 81.9 Å². The van der Waals surface area contributed by atoms with Crippen LogP contribution in [0.1, 0.15) is 19.4 Å². The molecule has 0 N–H and O–H groups in total. The number of rotatable bonds is 2. The quantitative estimate of drug-likeness (QED) is 0.755. The van der Waals surface area contributed by atoms with Crippen LogP contribution in [-0.4, -0.2) is 7.11 Å². The van der Waals surface area contributed by atoms with Crippen molar-refractivity contribution in [2.24, 2.45) is 0 Å². The summed E-state index contributed by atoms with van der Waals surface area (Å²) in [6, 6.07) is 8.16. The van der Waals surface area contributed by atoms with E-state index < -0.39 is 0 Å². The molecule has 0 aliphatic carbocycles. The Hall–Kier alpha value is -0.340. The fourth-order valence-electron chi connectivity index (χ4n) is 0.981. The average molecular weight is 229 g/mol. The number of benzene rings is 1. The topological polar surface area (TPSA) is 9.23 Å². The van der Waals surface area contributed by atoms with Crippen molar-refractivity contribution in [2.45, 2.75) is 19.4 Å². The lowest BCUT2D eigenvalue weighted by Crippen LogP contribution is -2.19. The van der Waals surface area contributed by atoms with Gasteiger partial charge in [-0.25, -0.2) is 0 Å². The molecule has 0 aromatic heterocycles. The third-order valence-corrected chi connectivity index (χ3v) is 2.52. The molecule has 1 aromatic carbocycles. The molecule has 0 saturated carbocycles. The summed E-state index contributed by atoms with van der Waals surface area (Å²) < 4.78 is 6.45. The van der Waals surface area contributed by atoms with Crippen LogP contribution in [0, 0.1) is 0 Å². The number of hydrogen-bond acceptors (Lipinski definition) is 1. The van der Waals surface area contributed by atoms with Crippen molar-refractivity contribution in [3.8, 4) is 0 Å². The van der Waals surface area contributed by atoms with Gasteiger partial charge < -0.3 is 4.74 Å². The van der Waals surface area contributed by atoms with E-state index >= 15 is 0 Å². The first-order valence-electron chi connectivity index (χ1n) is 3.87. The van der Waals surface area contributed by atoms with Crippen LogP contribution in [0.2, 0.25) is 0 Å². The predicted molar refractivity (Wildman–Crippen MR) is 54.2 cm³/mol. The summed E-state index contributed by atoms with van der Waals surface area (Å²) in [5.41, 5.74) is 0.975. The molecule has 1 nitrogen and oxygen atoms in total. The zero-order valence-corrected chi connectivity index (χ0v) is 9.18. The summed E-state index contributed by atoms with van der Waals surface area (Å²) >= 11 is 3.43. The molecular weight excluding hydrogens is 216 g/mol. The zero-order valence-electron chi connectivity index (χ0n) is 7.60. The van der Waals surface area contributed by atoms with Crippen LogP contribution in [0.5, 0.6) is 0 Å². The van der Waals surface area contributed by atoms with Crippen molar-refractivity contribution >= 4 is 15.9 Å². The third kappa shape index (κ3) is 2.08. The molecule has 0 atom stereocenters. The first-order valence-corrected chi connectivity index (χ1v) is 4.67. The van der Waals surface area contributed by atoms with Gasteiger partial charge >= 0.3 is 0 Å². The molecule has 0 heterocycles. The standard InChI is InChI=1S/C10H13BrO/c1-10(2,12-3)8-5-4-6-9(11)7-8/h4-7H,1-3H3. The lowest BCUT2D eigenvalue weighted by molar-refractivity contribution is 0.0192. The fourth-order valence-corrected chi connectivity index (χ4v) is 1.38. The summed E-state index contributed by atoms with van der Waals surface area (Å²) in [7, 11) is 1.72. The fraction of sp³-hybridized carbons (Fsp3) is 0.400. The van der Waals surface area contributed by atoms with Crippen molar-refractivity contribution in [3.05, 3.63) is 34.3 Å². The minimum absolute atomic E-state index is 0.205. The lowest BCUT2D eigenvalue weighted by atomic mass is 9.98. The molecule has 1 aromatic rings. The van der Waals surface area contributed by atoms with Crippen molar-refractivity contribution in [1.29, 1.82) is 0 Å². The lowest BCUT2D eigenvalue weighted by Gasteiger charge is -2.23. The second kappa shape index (κ2) is 3.58. The van der Waals surface area contributed by atoms with Gasteiger partial charge in [-0.15, -0.1) is 0 Å². The maximum atomic E-state index is 5.36. The molecule has 0 spiro atoms. The predicted octanol–water partition coefficient (Wildman–Crippen LogP) is 3.33. The third-order valence-electron chi connectivity index (χ3n) is 2.03. The van der Waals surface area contributed by atoms with Crippen molar-refractivity contribution in [1.82, 2.24) is 0 Å². The molecule has 0 radical (unpaired) electrons. The van der Waals surface area contributed by atoms with Crippen LogP contribution in [-0.2, 0) is 10.3 Å². The summed E-state index contributed by atoms with van der Waals surface area (Å²) in [5.74, 6) is 0. The van der Waals surface area contributed by atoms with E-state index in [0.717, 1.165) is 4.47 Å². The highest BCUT2D eigenvalue weighted by Crippen LogP contribution is 2.25. The van der Waals surface area contributed by atoms with Gasteiger partial charge in [0.15, 0.2) is 0 Å². The van der Waals surface area contributed by atoms with Crippen LogP contribution >= 0.6 is 15.9 Å². The second-order valence-corrected chi connectivity index (χ2v) is 4.14. The van der Waals surface area contributed by atoms with Gasteiger partial charge in [0.05, 0.1) is 5.60 Å². The Kier molecular flexibility index (Phi) is 2.91. The summed E-state index contributed by atoms with van der Waals surface area (Å²) in [4.78, 5) is 0. The molecule has 2 heteroatoms. The largest absolute Gasteiger partial charge is 0.374 e. The Morgan fingerprint density at radius 1 is 1.33 bits per heavy atom. The van der Waals surface area contributed by atoms with Crippen LogP contribution in [0.15, 0.2) is 28.7 Å². The molecule has 0 aliphatic rings. The maximum Gasteiger partial charge on any atom is 0.0871 e. The van der Waals surface area contributed by atoms with Crippen molar-refractivity contribution in [3.63, 3.8) is 0 Å². The zero-order chi connectivity index (χ0) is 9.19. The van der Waals surface area contributed by atoms with Crippen molar-refractivity contribution in [2.75, 3.05) is 7.11 Å². The summed E-state index contributed by atoms with van der Waals surface area (Å²) in [6.45, 7) is 4.10. The molecule has 1 rings (SSSR count). The van der Waals surface area contributed by atoms with Gasteiger partial charge in [-0.1, -0.05) is 28.1 Å². The highest BCUT2D eigenvalue weighted by atomic mass is 79.9. The van der Waals surface area contributed by atoms with E-state index in [1.807, 2.05) is 12.1 Å². The van der Waals surface area contributed by atoms with E-state index in [-0.39, 0.29) is 5.60 Å². The van der Waals surface area contributed by atoms with Gasteiger partial charge in [0, 0.05) is 11.6 Å². The molecule has 0 fully saturated rings. The first kappa shape index (κ1) is 9.75. The highest BCUT2D eigenvalue weighted by Gasteiger charge is 2.18. The molecule has 0 saturated heterocycles. The smallest absolute Gasteiger partial charge is 0.0871 e. The number of hydrogen-bond donors (Lipinski definition) is 0. The SMILES string of the molecule is COC(C)(C)c1cccc(Br)c1. The van der Waals surface area contributed by atoms with Gasteiger partial charge in [-0.3, -0.25) is 0 Å². The maximum absolute atomic E-state index is 5.36. The summed E-state index contributed by atoms with van der Waals surface area (Å²) in [6.07, 6.45) is 0. The Morgan fingerprint density at radius 2 is 2.00 bits per heavy atom. The Morgan fingerprint density at radius 3 is 2.50 bits per heavy atom. The number of methoxy groups -OCH3 is 1. The summed E-state index contributed by atoms with van der Waals surface area (Å²) in [5, 5.41) is 0. The van der Waals surface area contributed by atoms with Gasteiger partial charge in [-0.2, -0.15) is 0 Å². The molecular formula is C10H13BrO. The minimum Gasteiger partial charge on any atom is -0.374 e. The van der Waals surface area contributed by atoms with Crippen molar-refractivity contribution < 1.29 is 4.74 Å². The van der Waals surface area contributed by atoms with E-state index in [1.165, 1.54) is 5.56 Å². The molecule has 0 aliphatic heterocycles. The molecule has 12 heavy (non-hydrogen) atoms. The van der Waals surface area contributed by atoms with E-state index in [9.17, 15) is 0 Å². The van der Waals surface area contributed by atoms with Crippen LogP contribution in [0.25, 0.3) is 0 Å². The normalized spacial score (nSPS) is 11.7. The van der Waals surface area contributed by atoms with Gasteiger partial charge in [-0.05, 0) is 31.5 Å². The van der Waals surface area contributed by atoms with Gasteiger partial charge in [0.2, 0.25) is 0 Å². The van der Waals surface area contributed by atoms with Gasteiger partial charge in [0.25, 0.3) is 0 Å². The Balaban J connectivity index is 3.03.